The number of hydrogen-bond donors (Lipinski definition) is 1. The normalized spacial score (nSPS) is 15.1. The van der Waals surface area contributed by atoms with Crippen LogP contribution in [0.15, 0.2) is 28.7 Å². The number of H-pyrrole nitrogens is 1. The van der Waals surface area contributed by atoms with Crippen LogP contribution >= 0.6 is 28.1 Å². The number of halogens is 1. The smallest absolute Gasteiger partial charge is 0.195 e. The largest absolute Gasteiger partial charge is 0.301 e. The van der Waals surface area contributed by atoms with Gasteiger partial charge in [0.05, 0.1) is 0 Å². The van der Waals surface area contributed by atoms with E-state index in [1.54, 1.807) is 0 Å². The van der Waals surface area contributed by atoms with Gasteiger partial charge in [0.1, 0.15) is 5.82 Å². The van der Waals surface area contributed by atoms with Crippen molar-refractivity contribution in [1.82, 2.24) is 14.8 Å². The molecule has 1 aliphatic rings. The summed E-state index contributed by atoms with van der Waals surface area (Å²) >= 11 is 8.70. The molecule has 0 atom stereocenters. The molecule has 3 nitrogen and oxygen atoms in total. The fraction of sp³-hybridized carbons (Fsp3) is 0.333. The molecule has 0 radical (unpaired) electrons. The molecule has 1 aromatic carbocycles. The lowest BCUT2D eigenvalue weighted by molar-refractivity contribution is 0.686. The van der Waals surface area contributed by atoms with E-state index in [1.165, 1.54) is 18.4 Å². The standard InChI is InChI=1S/C12H12BrN3S/c13-9-3-1-8(2-4-9)7-11-14-15-12(17)16(11)10-5-6-10/h1-4,10H,5-7H2,(H,15,17). The van der Waals surface area contributed by atoms with E-state index < -0.39 is 0 Å². The molecule has 3 rings (SSSR count). The molecule has 0 spiro atoms. The van der Waals surface area contributed by atoms with Gasteiger partial charge in [0.25, 0.3) is 0 Å². The van der Waals surface area contributed by atoms with E-state index >= 15 is 0 Å². The van der Waals surface area contributed by atoms with Gasteiger partial charge in [-0.15, -0.1) is 0 Å². The number of rotatable bonds is 3. The average molecular weight is 310 g/mol. The highest BCUT2D eigenvalue weighted by molar-refractivity contribution is 9.10. The van der Waals surface area contributed by atoms with Gasteiger partial charge in [0.15, 0.2) is 4.77 Å². The summed E-state index contributed by atoms with van der Waals surface area (Å²) in [5.41, 5.74) is 1.25. The highest BCUT2D eigenvalue weighted by Gasteiger charge is 2.27. The summed E-state index contributed by atoms with van der Waals surface area (Å²) < 4.78 is 4.01. The zero-order valence-electron chi connectivity index (χ0n) is 9.19. The molecule has 1 saturated carbocycles. The first-order valence-corrected chi connectivity index (χ1v) is 6.84. The van der Waals surface area contributed by atoms with Crippen molar-refractivity contribution in [3.8, 4) is 0 Å². The van der Waals surface area contributed by atoms with Crippen LogP contribution in [0.1, 0.15) is 30.3 Å². The SMILES string of the molecule is S=c1[nH]nc(Cc2ccc(Br)cc2)n1C1CC1. The van der Waals surface area contributed by atoms with E-state index in [0.717, 1.165) is 21.5 Å². The lowest BCUT2D eigenvalue weighted by atomic mass is 10.1. The Morgan fingerprint density at radius 3 is 2.71 bits per heavy atom. The van der Waals surface area contributed by atoms with Gasteiger partial charge in [0, 0.05) is 16.9 Å². The van der Waals surface area contributed by atoms with Crippen LogP contribution in [0.3, 0.4) is 0 Å². The maximum absolute atomic E-state index is 5.26. The van der Waals surface area contributed by atoms with Crippen molar-refractivity contribution in [3.63, 3.8) is 0 Å². The second-order valence-electron chi connectivity index (χ2n) is 4.35. The molecular formula is C12H12BrN3S. The molecule has 0 bridgehead atoms. The van der Waals surface area contributed by atoms with Gasteiger partial charge in [-0.2, -0.15) is 5.10 Å². The third-order valence-corrected chi connectivity index (χ3v) is 3.78. The van der Waals surface area contributed by atoms with Crippen LogP contribution in [0.2, 0.25) is 0 Å². The van der Waals surface area contributed by atoms with Crippen LogP contribution in [-0.2, 0) is 6.42 Å². The minimum atomic E-state index is 0.576. The Labute approximate surface area is 113 Å². The second-order valence-corrected chi connectivity index (χ2v) is 5.65. The first kappa shape index (κ1) is 11.2. The van der Waals surface area contributed by atoms with Gasteiger partial charge >= 0.3 is 0 Å². The number of nitrogens with zero attached hydrogens (tertiary/aromatic N) is 2. The number of benzene rings is 1. The molecule has 1 N–H and O–H groups in total. The van der Waals surface area contributed by atoms with Crippen LogP contribution in [-0.4, -0.2) is 14.8 Å². The monoisotopic (exact) mass is 309 g/mol. The summed E-state index contributed by atoms with van der Waals surface area (Å²) in [5.74, 6) is 1.04. The Hall–Kier alpha value is -0.940. The predicted molar refractivity (Wildman–Crippen MR) is 72.6 cm³/mol. The van der Waals surface area contributed by atoms with Crippen molar-refractivity contribution in [1.29, 1.82) is 0 Å². The fourth-order valence-electron chi connectivity index (χ4n) is 1.96. The Bertz CT molecular complexity index is 581. The van der Waals surface area contributed by atoms with Gasteiger partial charge in [-0.3, -0.25) is 5.10 Å². The van der Waals surface area contributed by atoms with E-state index in [4.69, 9.17) is 12.2 Å². The first-order chi connectivity index (χ1) is 8.24. The lowest BCUT2D eigenvalue weighted by Crippen LogP contribution is -2.02. The van der Waals surface area contributed by atoms with Crippen LogP contribution in [0, 0.1) is 4.77 Å². The summed E-state index contributed by atoms with van der Waals surface area (Å²) in [6.07, 6.45) is 3.28. The Balaban J connectivity index is 1.90. The molecule has 1 aromatic heterocycles. The molecule has 88 valence electrons. The molecule has 1 aliphatic carbocycles. The maximum atomic E-state index is 5.26. The Morgan fingerprint density at radius 1 is 1.35 bits per heavy atom. The molecule has 2 aromatic rings. The van der Waals surface area contributed by atoms with Crippen LogP contribution in [0.5, 0.6) is 0 Å². The number of nitrogens with one attached hydrogen (secondary N) is 1. The van der Waals surface area contributed by atoms with Crippen molar-refractivity contribution in [2.24, 2.45) is 0 Å². The van der Waals surface area contributed by atoms with Crippen LogP contribution in [0.4, 0.5) is 0 Å². The maximum Gasteiger partial charge on any atom is 0.195 e. The summed E-state index contributed by atoms with van der Waals surface area (Å²) in [7, 11) is 0. The van der Waals surface area contributed by atoms with Gasteiger partial charge in [-0.25, -0.2) is 0 Å². The van der Waals surface area contributed by atoms with Crippen molar-refractivity contribution < 1.29 is 0 Å². The van der Waals surface area contributed by atoms with E-state index in [9.17, 15) is 0 Å². The van der Waals surface area contributed by atoms with Crippen LogP contribution < -0.4 is 0 Å². The summed E-state index contributed by atoms with van der Waals surface area (Å²) in [5, 5.41) is 7.23. The Morgan fingerprint density at radius 2 is 2.06 bits per heavy atom. The van der Waals surface area contributed by atoms with Crippen molar-refractivity contribution >= 4 is 28.1 Å². The molecule has 1 fully saturated rings. The molecule has 5 heteroatoms. The molecule has 0 aliphatic heterocycles. The van der Waals surface area contributed by atoms with Crippen LogP contribution in [0.25, 0.3) is 0 Å². The zero-order valence-corrected chi connectivity index (χ0v) is 11.6. The Kier molecular flexibility index (Phi) is 2.88. The topological polar surface area (TPSA) is 33.6 Å². The van der Waals surface area contributed by atoms with Gasteiger partial charge in [-0.1, -0.05) is 28.1 Å². The number of hydrogen-bond acceptors (Lipinski definition) is 2. The molecule has 17 heavy (non-hydrogen) atoms. The van der Waals surface area contributed by atoms with Gasteiger partial charge in [-0.05, 0) is 42.8 Å². The predicted octanol–water partition coefficient (Wildman–Crippen LogP) is 3.63. The summed E-state index contributed by atoms with van der Waals surface area (Å²) in [6, 6.07) is 8.90. The quantitative estimate of drug-likeness (QED) is 0.878. The minimum Gasteiger partial charge on any atom is -0.301 e. The third-order valence-electron chi connectivity index (χ3n) is 2.96. The third kappa shape index (κ3) is 2.35. The summed E-state index contributed by atoms with van der Waals surface area (Å²) in [6.45, 7) is 0. The number of aromatic amines is 1. The van der Waals surface area contributed by atoms with Crippen molar-refractivity contribution in [2.45, 2.75) is 25.3 Å². The van der Waals surface area contributed by atoms with Gasteiger partial charge in [0.2, 0.25) is 0 Å². The molecule has 1 heterocycles. The van der Waals surface area contributed by atoms with Gasteiger partial charge < -0.3 is 4.57 Å². The molecule has 0 unspecified atom stereocenters. The van der Waals surface area contributed by atoms with Crippen molar-refractivity contribution in [2.75, 3.05) is 0 Å². The van der Waals surface area contributed by atoms with E-state index in [0.29, 0.717) is 6.04 Å². The average Bonchev–Trinajstić information content (AvgIpc) is 3.08. The molecular weight excluding hydrogens is 298 g/mol. The van der Waals surface area contributed by atoms with E-state index in [-0.39, 0.29) is 0 Å². The first-order valence-electron chi connectivity index (χ1n) is 5.64. The van der Waals surface area contributed by atoms with E-state index in [1.807, 2.05) is 0 Å². The number of aromatic nitrogens is 3. The summed E-state index contributed by atoms with van der Waals surface area (Å²) in [4.78, 5) is 0. The van der Waals surface area contributed by atoms with Crippen molar-refractivity contribution in [3.05, 3.63) is 44.9 Å². The fourth-order valence-corrected chi connectivity index (χ4v) is 2.52. The second kappa shape index (κ2) is 4.38. The molecule has 0 saturated heterocycles. The zero-order chi connectivity index (χ0) is 11.8. The lowest BCUT2D eigenvalue weighted by Gasteiger charge is -2.04. The molecule has 0 amide bonds. The highest BCUT2D eigenvalue weighted by atomic mass is 79.9. The highest BCUT2D eigenvalue weighted by Crippen LogP contribution is 2.36. The minimum absolute atomic E-state index is 0.576. The van der Waals surface area contributed by atoms with E-state index in [2.05, 4.69) is 55.0 Å².